The SMILES string of the molecule is COc1ccc(S(=O)(=O)NCC(O)CC(C)(C)C)cc1Cl. The molecule has 5 nitrogen and oxygen atoms in total. The van der Waals surface area contributed by atoms with Gasteiger partial charge in [0.05, 0.1) is 23.1 Å². The number of aliphatic hydroxyl groups excluding tert-OH is 1. The molecule has 0 amide bonds. The molecule has 0 aliphatic heterocycles. The van der Waals surface area contributed by atoms with Crippen molar-refractivity contribution in [2.45, 2.75) is 38.2 Å². The molecule has 2 N–H and O–H groups in total. The van der Waals surface area contributed by atoms with Gasteiger partial charge >= 0.3 is 0 Å². The van der Waals surface area contributed by atoms with E-state index in [9.17, 15) is 13.5 Å². The Morgan fingerprint density at radius 1 is 1.38 bits per heavy atom. The van der Waals surface area contributed by atoms with E-state index >= 15 is 0 Å². The molecule has 0 aliphatic carbocycles. The summed E-state index contributed by atoms with van der Waals surface area (Å²) in [4.78, 5) is 0.0382. The summed E-state index contributed by atoms with van der Waals surface area (Å²) in [6.45, 7) is 5.90. The van der Waals surface area contributed by atoms with Crippen LogP contribution >= 0.6 is 11.6 Å². The Kier molecular flexibility index (Phi) is 6.04. The van der Waals surface area contributed by atoms with Crippen molar-refractivity contribution in [3.8, 4) is 5.75 Å². The first kappa shape index (κ1) is 18.2. The van der Waals surface area contributed by atoms with E-state index in [1.54, 1.807) is 0 Å². The Morgan fingerprint density at radius 2 is 2.00 bits per heavy atom. The first-order chi connectivity index (χ1) is 9.55. The van der Waals surface area contributed by atoms with Crippen molar-refractivity contribution < 1.29 is 18.3 Å². The minimum Gasteiger partial charge on any atom is -0.495 e. The fraction of sp³-hybridized carbons (Fsp3) is 0.571. The third kappa shape index (κ3) is 5.82. The molecule has 0 saturated heterocycles. The highest BCUT2D eigenvalue weighted by molar-refractivity contribution is 7.89. The average Bonchev–Trinajstić information content (AvgIpc) is 2.34. The van der Waals surface area contributed by atoms with Crippen molar-refractivity contribution in [2.75, 3.05) is 13.7 Å². The summed E-state index contributed by atoms with van der Waals surface area (Å²) in [5.41, 5.74) is -0.0751. The van der Waals surface area contributed by atoms with Crippen LogP contribution in [0.4, 0.5) is 0 Å². The van der Waals surface area contributed by atoms with Gasteiger partial charge in [-0.15, -0.1) is 0 Å². The molecule has 1 aromatic carbocycles. The standard InChI is InChI=1S/C14H22ClNO4S/c1-14(2,3)8-10(17)9-16-21(18,19)11-5-6-13(20-4)12(15)7-11/h5-7,10,16-17H,8-9H2,1-4H3. The normalized spacial score (nSPS) is 14.0. The molecule has 0 fully saturated rings. The maximum absolute atomic E-state index is 12.1. The molecular formula is C14H22ClNO4S. The van der Waals surface area contributed by atoms with Crippen molar-refractivity contribution in [3.05, 3.63) is 23.2 Å². The van der Waals surface area contributed by atoms with Gasteiger partial charge in [-0.05, 0) is 30.0 Å². The number of nitrogens with one attached hydrogen (secondary N) is 1. The van der Waals surface area contributed by atoms with Crippen LogP contribution in [-0.4, -0.2) is 33.3 Å². The summed E-state index contributed by atoms with van der Waals surface area (Å²) >= 11 is 5.92. The number of aliphatic hydroxyl groups is 1. The molecule has 0 aromatic heterocycles. The van der Waals surface area contributed by atoms with E-state index in [-0.39, 0.29) is 21.9 Å². The monoisotopic (exact) mass is 335 g/mol. The number of methoxy groups -OCH3 is 1. The molecule has 0 bridgehead atoms. The van der Waals surface area contributed by atoms with Crippen LogP contribution in [0.1, 0.15) is 27.2 Å². The maximum Gasteiger partial charge on any atom is 0.240 e. The van der Waals surface area contributed by atoms with E-state index in [1.165, 1.54) is 25.3 Å². The number of sulfonamides is 1. The predicted octanol–water partition coefficient (Wildman–Crippen LogP) is 2.42. The minimum atomic E-state index is -3.71. The van der Waals surface area contributed by atoms with E-state index in [0.29, 0.717) is 12.2 Å². The summed E-state index contributed by atoms with van der Waals surface area (Å²) in [6, 6.07) is 4.21. The van der Waals surface area contributed by atoms with Crippen molar-refractivity contribution in [1.82, 2.24) is 4.72 Å². The van der Waals surface area contributed by atoms with Crippen molar-refractivity contribution in [1.29, 1.82) is 0 Å². The van der Waals surface area contributed by atoms with Crippen LogP contribution in [0.5, 0.6) is 5.75 Å². The molecule has 21 heavy (non-hydrogen) atoms. The van der Waals surface area contributed by atoms with E-state index < -0.39 is 16.1 Å². The highest BCUT2D eigenvalue weighted by Crippen LogP contribution is 2.27. The average molecular weight is 336 g/mol. The van der Waals surface area contributed by atoms with E-state index in [2.05, 4.69) is 4.72 Å². The number of ether oxygens (including phenoxy) is 1. The topological polar surface area (TPSA) is 75.6 Å². The van der Waals surface area contributed by atoms with Gasteiger partial charge in [0.15, 0.2) is 0 Å². The van der Waals surface area contributed by atoms with Gasteiger partial charge in [-0.25, -0.2) is 13.1 Å². The van der Waals surface area contributed by atoms with Gasteiger partial charge in [0, 0.05) is 6.54 Å². The molecule has 1 rings (SSSR count). The van der Waals surface area contributed by atoms with Gasteiger partial charge in [-0.3, -0.25) is 0 Å². The second-order valence-corrected chi connectivity index (χ2v) is 8.24. The summed E-state index contributed by atoms with van der Waals surface area (Å²) < 4.78 is 31.6. The quantitative estimate of drug-likeness (QED) is 0.837. The van der Waals surface area contributed by atoms with E-state index in [1.807, 2.05) is 20.8 Å². The molecule has 1 aromatic rings. The van der Waals surface area contributed by atoms with Crippen LogP contribution < -0.4 is 9.46 Å². The van der Waals surface area contributed by atoms with Gasteiger partial charge in [-0.1, -0.05) is 32.4 Å². The van der Waals surface area contributed by atoms with Gasteiger partial charge < -0.3 is 9.84 Å². The van der Waals surface area contributed by atoms with Gasteiger partial charge in [0.1, 0.15) is 5.75 Å². The van der Waals surface area contributed by atoms with Crippen LogP contribution in [0.3, 0.4) is 0 Å². The molecule has 0 saturated carbocycles. The number of benzene rings is 1. The Morgan fingerprint density at radius 3 is 2.48 bits per heavy atom. The van der Waals surface area contributed by atoms with Crippen LogP contribution in [0, 0.1) is 5.41 Å². The first-order valence-electron chi connectivity index (χ1n) is 6.56. The van der Waals surface area contributed by atoms with Crippen LogP contribution in [0.2, 0.25) is 5.02 Å². The second kappa shape index (κ2) is 6.96. The van der Waals surface area contributed by atoms with E-state index in [4.69, 9.17) is 16.3 Å². The lowest BCUT2D eigenvalue weighted by atomic mass is 9.89. The summed E-state index contributed by atoms with van der Waals surface area (Å²) in [5, 5.41) is 10.1. The highest BCUT2D eigenvalue weighted by atomic mass is 35.5. The zero-order valence-electron chi connectivity index (χ0n) is 12.7. The Labute approximate surface area is 131 Å². The molecular weight excluding hydrogens is 314 g/mol. The van der Waals surface area contributed by atoms with Crippen LogP contribution in [0.25, 0.3) is 0 Å². The summed E-state index contributed by atoms with van der Waals surface area (Å²) in [6.07, 6.45) is -0.243. The zero-order valence-corrected chi connectivity index (χ0v) is 14.3. The number of hydrogen-bond acceptors (Lipinski definition) is 4. The molecule has 7 heteroatoms. The zero-order chi connectivity index (χ0) is 16.3. The smallest absolute Gasteiger partial charge is 0.240 e. The molecule has 120 valence electrons. The first-order valence-corrected chi connectivity index (χ1v) is 8.42. The fourth-order valence-corrected chi connectivity index (χ4v) is 3.30. The minimum absolute atomic E-state index is 0.0382. The third-order valence-electron chi connectivity index (χ3n) is 2.79. The van der Waals surface area contributed by atoms with Crippen LogP contribution in [-0.2, 0) is 10.0 Å². The van der Waals surface area contributed by atoms with E-state index in [0.717, 1.165) is 0 Å². The number of hydrogen-bond donors (Lipinski definition) is 2. The predicted molar refractivity (Wildman–Crippen MR) is 83.3 cm³/mol. The molecule has 0 spiro atoms. The number of rotatable bonds is 6. The van der Waals surface area contributed by atoms with Crippen LogP contribution in [0.15, 0.2) is 23.1 Å². The Hall–Kier alpha value is -0.820. The highest BCUT2D eigenvalue weighted by Gasteiger charge is 2.20. The molecule has 0 radical (unpaired) electrons. The lowest BCUT2D eigenvalue weighted by Crippen LogP contribution is -2.34. The lowest BCUT2D eigenvalue weighted by molar-refractivity contribution is 0.125. The third-order valence-corrected chi connectivity index (χ3v) is 4.51. The maximum atomic E-state index is 12.1. The fourth-order valence-electron chi connectivity index (χ4n) is 1.88. The van der Waals surface area contributed by atoms with Gasteiger partial charge in [-0.2, -0.15) is 0 Å². The molecule has 0 aliphatic rings. The molecule has 0 heterocycles. The number of halogens is 1. The largest absolute Gasteiger partial charge is 0.495 e. The van der Waals surface area contributed by atoms with Crippen molar-refractivity contribution in [2.24, 2.45) is 5.41 Å². The second-order valence-electron chi connectivity index (χ2n) is 6.07. The Bertz CT molecular complexity index is 581. The molecule has 1 atom stereocenters. The molecule has 1 unspecified atom stereocenters. The van der Waals surface area contributed by atoms with Crippen molar-refractivity contribution >= 4 is 21.6 Å². The lowest BCUT2D eigenvalue weighted by Gasteiger charge is -2.22. The summed E-state index contributed by atoms with van der Waals surface area (Å²) in [5.74, 6) is 0.406. The van der Waals surface area contributed by atoms with Crippen molar-refractivity contribution in [3.63, 3.8) is 0 Å². The Balaban J connectivity index is 2.76. The van der Waals surface area contributed by atoms with Gasteiger partial charge in [0.25, 0.3) is 0 Å². The van der Waals surface area contributed by atoms with Gasteiger partial charge in [0.2, 0.25) is 10.0 Å². The summed E-state index contributed by atoms with van der Waals surface area (Å²) in [7, 11) is -2.25.